The van der Waals surface area contributed by atoms with Crippen LogP contribution in [0, 0.1) is 0 Å². The summed E-state index contributed by atoms with van der Waals surface area (Å²) in [5.41, 5.74) is 0. The van der Waals surface area contributed by atoms with Crippen LogP contribution >= 0.6 is 0 Å². The zero-order valence-corrected chi connectivity index (χ0v) is 18.2. The number of carboxylic acid groups (broad SMARTS) is 4. The largest absolute Gasteiger partial charge is 2.00 e. The third-order valence-electron chi connectivity index (χ3n) is 2.45. The Morgan fingerprint density at radius 3 is 1.21 bits per heavy atom. The Kier molecular flexibility index (Phi) is 24.2. The zero-order valence-electron chi connectivity index (χ0n) is 13.3. The van der Waals surface area contributed by atoms with Gasteiger partial charge in [0.15, 0.2) is 0 Å². The second-order valence-electron chi connectivity index (χ2n) is 4.16. The van der Waals surface area contributed by atoms with Crippen molar-refractivity contribution in [2.45, 2.75) is 31.3 Å². The molecule has 0 bridgehead atoms. The minimum Gasteiger partial charge on any atom is -0.550 e. The summed E-state index contributed by atoms with van der Waals surface area (Å²) in [5.74, 6) is -6.31. The molecule has 129 valence electrons. The predicted octanol–water partition coefficient (Wildman–Crippen LogP) is -12.9. The van der Waals surface area contributed by atoms with Gasteiger partial charge < -0.3 is 50.2 Å². The Balaban J connectivity index is -0.000000667. The van der Waals surface area contributed by atoms with Gasteiger partial charge in [0.1, 0.15) is 0 Å². The third kappa shape index (κ3) is 17.2. The Bertz CT molecular complexity index is 377. The van der Waals surface area contributed by atoms with Crippen molar-refractivity contribution in [1.29, 1.82) is 0 Å². The molecule has 0 saturated carbocycles. The molecule has 0 fully saturated rings. The van der Waals surface area contributed by atoms with Gasteiger partial charge in [0.25, 0.3) is 0 Å². The predicted molar refractivity (Wildman–Crippen MR) is 57.5 cm³/mol. The topological polar surface area (TPSA) is 185 Å². The van der Waals surface area contributed by atoms with Gasteiger partial charge in [-0.3, -0.25) is 0 Å². The van der Waals surface area contributed by atoms with Crippen LogP contribution in [0.25, 0.3) is 0 Å². The van der Waals surface area contributed by atoms with Crippen LogP contribution in [0.1, 0.15) is 19.3 Å². The molecular formula is C11H14CuN2Na2O8. The monoisotopic (exact) mass is 411 g/mol. The number of carbonyl (C=O) groups excluding carboxylic acids is 4. The van der Waals surface area contributed by atoms with E-state index in [1.807, 2.05) is 0 Å². The summed E-state index contributed by atoms with van der Waals surface area (Å²) < 4.78 is 0. The molecule has 0 aromatic heterocycles. The molecule has 0 aliphatic rings. The first-order valence-electron chi connectivity index (χ1n) is 6.02. The van der Waals surface area contributed by atoms with Gasteiger partial charge in [-0.2, -0.15) is 0 Å². The molecule has 0 aliphatic carbocycles. The minimum absolute atomic E-state index is 0. The van der Waals surface area contributed by atoms with Gasteiger partial charge in [-0.25, -0.2) is 0 Å². The van der Waals surface area contributed by atoms with E-state index < -0.39 is 48.8 Å². The van der Waals surface area contributed by atoms with Gasteiger partial charge in [0, 0.05) is 24.8 Å². The van der Waals surface area contributed by atoms with E-state index in [1.54, 1.807) is 0 Å². The van der Waals surface area contributed by atoms with E-state index in [2.05, 4.69) is 10.6 Å². The van der Waals surface area contributed by atoms with Crippen molar-refractivity contribution in [1.82, 2.24) is 10.6 Å². The van der Waals surface area contributed by atoms with E-state index in [-0.39, 0.29) is 95.7 Å². The number of aliphatic carboxylic acids is 4. The Hall–Kier alpha value is 0.319. The van der Waals surface area contributed by atoms with E-state index in [4.69, 9.17) is 0 Å². The molecule has 2 atom stereocenters. The van der Waals surface area contributed by atoms with Crippen LogP contribution in [0.5, 0.6) is 0 Å². The smallest absolute Gasteiger partial charge is 0.550 e. The van der Waals surface area contributed by atoms with Gasteiger partial charge in [-0.1, -0.05) is 0 Å². The first kappa shape index (κ1) is 32.0. The number of nitrogens with one attached hydrogen (secondary N) is 2. The molecule has 0 amide bonds. The first-order chi connectivity index (χ1) is 9.73. The average molecular weight is 412 g/mol. The van der Waals surface area contributed by atoms with Crippen molar-refractivity contribution >= 4 is 23.9 Å². The fourth-order valence-corrected chi connectivity index (χ4v) is 1.45. The molecule has 2 N–H and O–H groups in total. The summed E-state index contributed by atoms with van der Waals surface area (Å²) in [4.78, 5) is 41.7. The minimum atomic E-state index is -1.60. The van der Waals surface area contributed by atoms with Crippen molar-refractivity contribution in [2.75, 3.05) is 13.1 Å². The second-order valence-corrected chi connectivity index (χ2v) is 4.16. The normalized spacial score (nSPS) is 11.7. The molecule has 24 heavy (non-hydrogen) atoms. The fourth-order valence-electron chi connectivity index (χ4n) is 1.45. The van der Waals surface area contributed by atoms with Crippen LogP contribution in [0.2, 0.25) is 0 Å². The van der Waals surface area contributed by atoms with Gasteiger partial charge in [0.05, 0.1) is 24.0 Å². The van der Waals surface area contributed by atoms with E-state index >= 15 is 0 Å². The molecule has 1 radical (unpaired) electrons. The molecular weight excluding hydrogens is 398 g/mol. The molecule has 13 heteroatoms. The van der Waals surface area contributed by atoms with Gasteiger partial charge >= 0.3 is 76.2 Å². The molecule has 0 aromatic carbocycles. The van der Waals surface area contributed by atoms with E-state index in [0.717, 1.165) is 0 Å². The Morgan fingerprint density at radius 1 is 0.708 bits per heavy atom. The van der Waals surface area contributed by atoms with Crippen LogP contribution in [0.15, 0.2) is 0 Å². The van der Waals surface area contributed by atoms with E-state index in [0.29, 0.717) is 0 Å². The number of rotatable bonds is 12. The van der Waals surface area contributed by atoms with Crippen LogP contribution in [-0.2, 0) is 36.2 Å². The number of hydrogen-bond acceptors (Lipinski definition) is 10. The molecule has 2 unspecified atom stereocenters. The number of carbonyl (C=O) groups is 4. The Labute approximate surface area is 193 Å². The van der Waals surface area contributed by atoms with Crippen LogP contribution in [0.4, 0.5) is 0 Å². The maximum atomic E-state index is 10.6. The maximum Gasteiger partial charge on any atom is 2.00 e. The Morgan fingerprint density at radius 2 is 1.00 bits per heavy atom. The van der Waals surface area contributed by atoms with Crippen molar-refractivity contribution in [3.8, 4) is 0 Å². The van der Waals surface area contributed by atoms with Crippen molar-refractivity contribution < 1.29 is 116 Å². The van der Waals surface area contributed by atoms with Crippen LogP contribution in [-0.4, -0.2) is 49.1 Å². The van der Waals surface area contributed by atoms with Gasteiger partial charge in [-0.15, -0.1) is 0 Å². The second kappa shape index (κ2) is 18.1. The number of carboxylic acids is 4. The SMILES string of the molecule is O=C([O-])CC(NCCCNC(CC(=O)[O-])C(=O)[O-])C(=O)[O-].[Cu+2].[Na+].[Na+]. The van der Waals surface area contributed by atoms with Crippen molar-refractivity contribution in [3.05, 3.63) is 0 Å². The van der Waals surface area contributed by atoms with Crippen molar-refractivity contribution in [2.24, 2.45) is 0 Å². The molecule has 0 aromatic rings. The summed E-state index contributed by atoms with van der Waals surface area (Å²) in [7, 11) is 0. The van der Waals surface area contributed by atoms with Crippen LogP contribution in [0.3, 0.4) is 0 Å². The molecule has 10 nitrogen and oxygen atoms in total. The van der Waals surface area contributed by atoms with Gasteiger partial charge in [0.2, 0.25) is 0 Å². The molecule has 0 rings (SSSR count). The summed E-state index contributed by atoms with van der Waals surface area (Å²) in [6, 6.07) is -2.84. The van der Waals surface area contributed by atoms with E-state index in [9.17, 15) is 39.6 Å². The summed E-state index contributed by atoms with van der Waals surface area (Å²) in [6.45, 7) is 0.0913. The molecule has 0 saturated heterocycles. The summed E-state index contributed by atoms with van der Waals surface area (Å²) in [6.07, 6.45) is -1.31. The standard InChI is InChI=1S/C11H18N2O8.Cu.2Na/c14-8(15)4-6(10(18)19)12-2-1-3-13-7(11(20)21)5-9(16)17;;;/h6-7,12-13H,1-5H2,(H,14,15)(H,16,17)(H,18,19)(H,20,21);;;/q;+2;2*+1/p-4. The molecule has 0 spiro atoms. The molecule has 0 heterocycles. The molecule has 0 aliphatic heterocycles. The van der Waals surface area contributed by atoms with E-state index in [1.165, 1.54) is 0 Å². The summed E-state index contributed by atoms with van der Waals surface area (Å²) in [5, 5.41) is 46.5. The van der Waals surface area contributed by atoms with Crippen molar-refractivity contribution in [3.63, 3.8) is 0 Å². The van der Waals surface area contributed by atoms with Gasteiger partial charge in [-0.05, 0) is 19.5 Å². The summed E-state index contributed by atoms with van der Waals surface area (Å²) >= 11 is 0. The quantitative estimate of drug-likeness (QED) is 0.231. The zero-order chi connectivity index (χ0) is 16.4. The third-order valence-corrected chi connectivity index (χ3v) is 2.45. The maximum absolute atomic E-state index is 10.6. The fraction of sp³-hybridized carbons (Fsp3) is 0.636. The first-order valence-corrected chi connectivity index (χ1v) is 6.02. The van der Waals surface area contributed by atoms with Crippen LogP contribution < -0.4 is 90.2 Å². The average Bonchev–Trinajstić information content (AvgIpc) is 2.34. The number of hydrogen-bond donors (Lipinski definition) is 2.